The first-order valence-electron chi connectivity index (χ1n) is 10.0. The summed E-state index contributed by atoms with van der Waals surface area (Å²) in [4.78, 5) is 23.9. The molecule has 1 saturated heterocycles. The first kappa shape index (κ1) is 20.5. The number of hydrogen-bond acceptors (Lipinski definition) is 7. The molecule has 0 atom stereocenters. The van der Waals surface area contributed by atoms with E-state index in [2.05, 4.69) is 46.2 Å². The van der Waals surface area contributed by atoms with Crippen LogP contribution in [0.25, 0.3) is 0 Å². The minimum atomic E-state index is -0.474. The Hall–Kier alpha value is -3.75. The minimum Gasteiger partial charge on any atom is -0.368 e. The maximum atomic E-state index is 13.2. The molecule has 8 nitrogen and oxygen atoms in total. The molecular weight excluding hydrogens is 399 g/mol. The van der Waals surface area contributed by atoms with Crippen LogP contribution in [0, 0.1) is 29.8 Å². The maximum Gasteiger partial charge on any atom is 0.353 e. The number of nitrogens with one attached hydrogen (secondary N) is 1. The summed E-state index contributed by atoms with van der Waals surface area (Å²) in [6.45, 7) is 6.86. The average Bonchev–Trinajstić information content (AvgIpc) is 2.77. The molecule has 4 rings (SSSR count). The smallest absolute Gasteiger partial charge is 0.353 e. The number of nitro groups is 1. The maximum absolute atomic E-state index is 13.2. The van der Waals surface area contributed by atoms with Gasteiger partial charge in [0, 0.05) is 37.6 Å². The first-order chi connectivity index (χ1) is 14.9. The molecule has 0 aliphatic carbocycles. The second-order valence-corrected chi connectivity index (χ2v) is 7.48. The zero-order valence-electron chi connectivity index (χ0n) is 17.4. The Morgan fingerprint density at radius 3 is 2.35 bits per heavy atom. The van der Waals surface area contributed by atoms with Crippen molar-refractivity contribution in [3.05, 3.63) is 75.9 Å². The zero-order chi connectivity index (χ0) is 22.0. The van der Waals surface area contributed by atoms with Gasteiger partial charge in [0.2, 0.25) is 11.6 Å². The highest BCUT2D eigenvalue weighted by Gasteiger charge is 2.29. The van der Waals surface area contributed by atoms with E-state index in [0.29, 0.717) is 18.8 Å². The molecule has 1 N–H and O–H groups in total. The van der Waals surface area contributed by atoms with E-state index in [4.69, 9.17) is 0 Å². The summed E-state index contributed by atoms with van der Waals surface area (Å²) in [6.07, 6.45) is 1.31. The molecule has 0 bridgehead atoms. The molecule has 0 radical (unpaired) electrons. The Morgan fingerprint density at radius 1 is 1.00 bits per heavy atom. The third kappa shape index (κ3) is 4.25. The molecule has 0 amide bonds. The van der Waals surface area contributed by atoms with E-state index < -0.39 is 4.92 Å². The zero-order valence-corrected chi connectivity index (χ0v) is 17.4. The van der Waals surface area contributed by atoms with Crippen LogP contribution in [0.3, 0.4) is 0 Å². The number of benzene rings is 2. The lowest BCUT2D eigenvalue weighted by Crippen LogP contribution is -2.47. The Labute approximate surface area is 179 Å². The number of halogens is 1. The molecule has 9 heteroatoms. The van der Waals surface area contributed by atoms with Gasteiger partial charge in [-0.2, -0.15) is 0 Å². The van der Waals surface area contributed by atoms with Crippen LogP contribution in [-0.4, -0.2) is 41.1 Å². The lowest BCUT2D eigenvalue weighted by atomic mass is 10.1. The number of anilines is 4. The van der Waals surface area contributed by atoms with Crippen molar-refractivity contribution in [2.45, 2.75) is 13.8 Å². The molecule has 2 aromatic carbocycles. The van der Waals surface area contributed by atoms with Gasteiger partial charge < -0.3 is 15.1 Å². The van der Waals surface area contributed by atoms with Crippen molar-refractivity contribution in [2.24, 2.45) is 0 Å². The van der Waals surface area contributed by atoms with E-state index in [9.17, 15) is 14.5 Å². The number of piperazine rings is 1. The van der Waals surface area contributed by atoms with Crippen molar-refractivity contribution >= 4 is 28.7 Å². The number of aryl methyl sites for hydroxylation is 1. The fraction of sp³-hybridized carbons (Fsp3) is 0.273. The molecular formula is C22H23FN6O2. The molecule has 0 spiro atoms. The molecule has 0 saturated carbocycles. The van der Waals surface area contributed by atoms with Crippen molar-refractivity contribution in [1.82, 2.24) is 9.97 Å². The van der Waals surface area contributed by atoms with Gasteiger partial charge in [0.05, 0.1) is 4.92 Å². The van der Waals surface area contributed by atoms with Crippen molar-refractivity contribution in [2.75, 3.05) is 41.3 Å². The van der Waals surface area contributed by atoms with Gasteiger partial charge in [-0.1, -0.05) is 12.1 Å². The molecule has 2 heterocycles. The fourth-order valence-corrected chi connectivity index (χ4v) is 3.77. The van der Waals surface area contributed by atoms with Gasteiger partial charge in [0.15, 0.2) is 0 Å². The number of rotatable bonds is 5. The molecule has 0 unspecified atom stereocenters. The molecule has 160 valence electrons. The second kappa shape index (κ2) is 8.55. The van der Waals surface area contributed by atoms with E-state index in [0.717, 1.165) is 13.1 Å². The van der Waals surface area contributed by atoms with Gasteiger partial charge in [-0.15, -0.1) is 0 Å². The molecule has 31 heavy (non-hydrogen) atoms. The van der Waals surface area contributed by atoms with Crippen LogP contribution in [0.2, 0.25) is 0 Å². The summed E-state index contributed by atoms with van der Waals surface area (Å²) in [5.41, 5.74) is 3.99. The van der Waals surface area contributed by atoms with E-state index in [1.54, 1.807) is 0 Å². The topological polar surface area (TPSA) is 87.4 Å². The number of nitrogens with zero attached hydrogens (tertiary/aromatic N) is 5. The lowest BCUT2D eigenvalue weighted by molar-refractivity contribution is -0.383. The average molecular weight is 422 g/mol. The Bertz CT molecular complexity index is 1100. The third-order valence-corrected chi connectivity index (χ3v) is 5.59. The molecule has 1 aliphatic rings. The van der Waals surface area contributed by atoms with E-state index in [-0.39, 0.29) is 23.1 Å². The minimum absolute atomic E-state index is 0.0820. The Balaban J connectivity index is 1.56. The van der Waals surface area contributed by atoms with E-state index in [1.807, 2.05) is 11.0 Å². The summed E-state index contributed by atoms with van der Waals surface area (Å²) < 4.78 is 13.2. The van der Waals surface area contributed by atoms with Gasteiger partial charge in [-0.3, -0.25) is 10.1 Å². The Morgan fingerprint density at radius 2 is 1.68 bits per heavy atom. The van der Waals surface area contributed by atoms with E-state index >= 15 is 0 Å². The predicted molar refractivity (Wildman–Crippen MR) is 119 cm³/mol. The summed E-state index contributed by atoms with van der Waals surface area (Å²) in [6, 6.07) is 11.8. The van der Waals surface area contributed by atoms with Gasteiger partial charge in [-0.25, -0.2) is 14.4 Å². The van der Waals surface area contributed by atoms with Crippen LogP contribution in [0.4, 0.5) is 33.1 Å². The monoisotopic (exact) mass is 422 g/mol. The fourth-order valence-electron chi connectivity index (χ4n) is 3.77. The van der Waals surface area contributed by atoms with Crippen LogP contribution in [0.15, 0.2) is 48.8 Å². The van der Waals surface area contributed by atoms with Crippen molar-refractivity contribution < 1.29 is 9.31 Å². The highest BCUT2D eigenvalue weighted by Crippen LogP contribution is 2.34. The third-order valence-electron chi connectivity index (χ3n) is 5.59. The highest BCUT2D eigenvalue weighted by molar-refractivity contribution is 5.74. The van der Waals surface area contributed by atoms with Gasteiger partial charge in [0.25, 0.3) is 0 Å². The summed E-state index contributed by atoms with van der Waals surface area (Å²) in [7, 11) is 0. The van der Waals surface area contributed by atoms with Crippen LogP contribution >= 0.6 is 0 Å². The van der Waals surface area contributed by atoms with Crippen molar-refractivity contribution in [3.8, 4) is 0 Å². The number of aromatic nitrogens is 2. The van der Waals surface area contributed by atoms with E-state index in [1.165, 1.54) is 47.4 Å². The summed E-state index contributed by atoms with van der Waals surface area (Å²) in [5.74, 6) is -0.0195. The Kier molecular flexibility index (Phi) is 5.66. The standard InChI is InChI=1S/C22H23FN6O2/c1-15-4-3-5-19(16(15)2)27-10-12-28(13-11-27)22-20(29(30)31)21(24-14-25-22)26-18-8-6-17(23)7-9-18/h3-9,14H,10-13H2,1-2H3,(H,24,25,26). The molecule has 1 aromatic heterocycles. The van der Waals surface area contributed by atoms with Crippen LogP contribution < -0.4 is 15.1 Å². The quantitative estimate of drug-likeness (QED) is 0.487. The van der Waals surface area contributed by atoms with Gasteiger partial charge >= 0.3 is 5.69 Å². The van der Waals surface area contributed by atoms with Gasteiger partial charge in [0.1, 0.15) is 12.1 Å². The van der Waals surface area contributed by atoms with Crippen molar-refractivity contribution in [3.63, 3.8) is 0 Å². The highest BCUT2D eigenvalue weighted by atomic mass is 19.1. The van der Waals surface area contributed by atoms with Crippen LogP contribution in [0.1, 0.15) is 11.1 Å². The lowest BCUT2D eigenvalue weighted by Gasteiger charge is -2.37. The van der Waals surface area contributed by atoms with Crippen LogP contribution in [0.5, 0.6) is 0 Å². The normalized spacial score (nSPS) is 13.9. The van der Waals surface area contributed by atoms with Gasteiger partial charge in [-0.05, 0) is 55.3 Å². The first-order valence-corrected chi connectivity index (χ1v) is 10.0. The summed E-state index contributed by atoms with van der Waals surface area (Å²) >= 11 is 0. The SMILES string of the molecule is Cc1cccc(N2CCN(c3ncnc(Nc4ccc(F)cc4)c3[N+](=O)[O-])CC2)c1C. The van der Waals surface area contributed by atoms with Crippen LogP contribution in [-0.2, 0) is 0 Å². The summed E-state index contributed by atoms with van der Waals surface area (Å²) in [5, 5.41) is 14.8. The molecule has 1 aliphatic heterocycles. The molecule has 3 aromatic rings. The largest absolute Gasteiger partial charge is 0.368 e. The number of hydrogen-bond donors (Lipinski definition) is 1. The molecule has 1 fully saturated rings. The van der Waals surface area contributed by atoms with Crippen molar-refractivity contribution in [1.29, 1.82) is 0 Å². The predicted octanol–water partition coefficient (Wildman–Crippen LogP) is 4.21. The second-order valence-electron chi connectivity index (χ2n) is 7.48.